The first-order valence-corrected chi connectivity index (χ1v) is 6.53. The first-order chi connectivity index (χ1) is 10.3. The maximum Gasteiger partial charge on any atom is 0.183 e. The highest BCUT2D eigenvalue weighted by Crippen LogP contribution is 2.19. The number of ketones is 1. The fraction of sp³-hybridized carbons (Fsp3) is 0.133. The average Bonchev–Trinajstić information content (AvgIpc) is 2.96. The van der Waals surface area contributed by atoms with E-state index in [0.717, 1.165) is 11.0 Å². The van der Waals surface area contributed by atoms with Gasteiger partial charge in [0, 0.05) is 0 Å². The number of carbonyl (C=O) groups is 1. The van der Waals surface area contributed by atoms with Gasteiger partial charge in [0.05, 0.1) is 17.6 Å². The van der Waals surface area contributed by atoms with E-state index >= 15 is 0 Å². The number of nitrogens with zero attached hydrogens (tertiary/aromatic N) is 3. The van der Waals surface area contributed by atoms with E-state index in [0.29, 0.717) is 11.3 Å². The highest BCUT2D eigenvalue weighted by molar-refractivity contribution is 5.99. The Bertz CT molecular complexity index is 782. The molecule has 0 spiro atoms. The third-order valence-corrected chi connectivity index (χ3v) is 3.14. The molecule has 0 saturated carbocycles. The van der Waals surface area contributed by atoms with Crippen LogP contribution in [0.15, 0.2) is 48.5 Å². The van der Waals surface area contributed by atoms with Gasteiger partial charge in [-0.2, -0.15) is 0 Å². The number of para-hydroxylation sites is 2. The molecule has 0 amide bonds. The molecule has 1 heterocycles. The molecule has 6 nitrogen and oxygen atoms in total. The van der Waals surface area contributed by atoms with Crippen LogP contribution in [0.5, 0.6) is 5.75 Å². The van der Waals surface area contributed by atoms with Crippen LogP contribution in [0, 0.1) is 0 Å². The maximum absolute atomic E-state index is 11.8. The molecule has 0 saturated heterocycles. The number of fused-ring (bicyclic) bond motifs is 1. The average molecular weight is 282 g/mol. The number of hydrogen-bond acceptors (Lipinski definition) is 5. The normalized spacial score (nSPS) is 10.7. The quantitative estimate of drug-likeness (QED) is 0.719. The van der Waals surface area contributed by atoms with Gasteiger partial charge in [-0.3, -0.25) is 4.79 Å². The summed E-state index contributed by atoms with van der Waals surface area (Å²) in [5.41, 5.74) is 7.56. The Balaban J connectivity index is 1.84. The standard InChI is InChI=1S/C15H14N4O2/c16-9-14(20)11-5-1-4-8-15(11)21-10-19-13-7-3-2-6-12(13)17-18-19/h1-8H,9-10,16H2. The predicted octanol–water partition coefficient (Wildman–Crippen LogP) is 1.61. The molecule has 2 aromatic carbocycles. The van der Waals surface area contributed by atoms with Crippen LogP contribution in [0.25, 0.3) is 11.0 Å². The van der Waals surface area contributed by atoms with Gasteiger partial charge in [0.15, 0.2) is 12.5 Å². The summed E-state index contributed by atoms with van der Waals surface area (Å²) in [7, 11) is 0. The van der Waals surface area contributed by atoms with E-state index in [2.05, 4.69) is 10.3 Å². The first kappa shape index (κ1) is 13.3. The third-order valence-electron chi connectivity index (χ3n) is 3.14. The zero-order chi connectivity index (χ0) is 14.7. The second-order valence-electron chi connectivity index (χ2n) is 4.47. The van der Waals surface area contributed by atoms with Crippen LogP contribution in [-0.2, 0) is 6.73 Å². The van der Waals surface area contributed by atoms with E-state index in [4.69, 9.17) is 10.5 Å². The second kappa shape index (κ2) is 5.72. The van der Waals surface area contributed by atoms with Crippen molar-refractivity contribution in [3.8, 4) is 5.75 Å². The van der Waals surface area contributed by atoms with E-state index in [9.17, 15) is 4.79 Å². The Labute approximate surface area is 121 Å². The summed E-state index contributed by atoms with van der Waals surface area (Å²) in [5, 5.41) is 8.09. The Morgan fingerprint density at radius 3 is 2.76 bits per heavy atom. The van der Waals surface area contributed by atoms with Crippen LogP contribution >= 0.6 is 0 Å². The van der Waals surface area contributed by atoms with Crippen molar-refractivity contribution in [3.05, 3.63) is 54.1 Å². The molecule has 2 N–H and O–H groups in total. The van der Waals surface area contributed by atoms with Crippen molar-refractivity contribution >= 4 is 16.8 Å². The van der Waals surface area contributed by atoms with Crippen molar-refractivity contribution in [2.24, 2.45) is 5.73 Å². The van der Waals surface area contributed by atoms with E-state index in [-0.39, 0.29) is 19.1 Å². The lowest BCUT2D eigenvalue weighted by atomic mass is 10.1. The molecular weight excluding hydrogens is 268 g/mol. The van der Waals surface area contributed by atoms with Crippen LogP contribution in [0.4, 0.5) is 0 Å². The van der Waals surface area contributed by atoms with Crippen LogP contribution in [0.2, 0.25) is 0 Å². The topological polar surface area (TPSA) is 83.0 Å². The van der Waals surface area contributed by atoms with Gasteiger partial charge in [-0.15, -0.1) is 5.10 Å². The fourth-order valence-corrected chi connectivity index (χ4v) is 2.08. The number of benzene rings is 2. The number of ether oxygens (including phenoxy) is 1. The highest BCUT2D eigenvalue weighted by Gasteiger charge is 2.11. The lowest BCUT2D eigenvalue weighted by Crippen LogP contribution is -2.15. The fourth-order valence-electron chi connectivity index (χ4n) is 2.08. The minimum absolute atomic E-state index is 0.0490. The highest BCUT2D eigenvalue weighted by atomic mass is 16.5. The molecule has 0 fully saturated rings. The summed E-state index contributed by atoms with van der Waals surface area (Å²) in [5.74, 6) is 0.335. The lowest BCUT2D eigenvalue weighted by molar-refractivity contribution is 0.0995. The molecule has 21 heavy (non-hydrogen) atoms. The van der Waals surface area contributed by atoms with E-state index in [1.165, 1.54) is 0 Å². The van der Waals surface area contributed by atoms with E-state index in [1.54, 1.807) is 22.9 Å². The van der Waals surface area contributed by atoms with Crippen molar-refractivity contribution in [3.63, 3.8) is 0 Å². The third kappa shape index (κ3) is 2.61. The molecule has 0 aliphatic heterocycles. The molecule has 1 aromatic heterocycles. The Hall–Kier alpha value is -2.73. The Morgan fingerprint density at radius 1 is 1.14 bits per heavy atom. The van der Waals surface area contributed by atoms with Gasteiger partial charge >= 0.3 is 0 Å². The van der Waals surface area contributed by atoms with Gasteiger partial charge < -0.3 is 10.5 Å². The van der Waals surface area contributed by atoms with Crippen molar-refractivity contribution in [1.29, 1.82) is 0 Å². The van der Waals surface area contributed by atoms with Crippen LogP contribution in [0.1, 0.15) is 10.4 Å². The predicted molar refractivity (Wildman–Crippen MR) is 78.0 cm³/mol. The number of rotatable bonds is 5. The molecule has 0 aliphatic carbocycles. The lowest BCUT2D eigenvalue weighted by Gasteiger charge is -2.10. The minimum atomic E-state index is -0.158. The van der Waals surface area contributed by atoms with Gasteiger partial charge in [0.25, 0.3) is 0 Å². The molecule has 0 aliphatic rings. The summed E-state index contributed by atoms with van der Waals surface area (Å²) >= 11 is 0. The molecule has 0 unspecified atom stereocenters. The number of nitrogens with two attached hydrogens (primary N) is 1. The summed E-state index contributed by atoms with van der Waals surface area (Å²) in [6.07, 6.45) is 0. The monoisotopic (exact) mass is 282 g/mol. The number of hydrogen-bond donors (Lipinski definition) is 1. The summed E-state index contributed by atoms with van der Waals surface area (Å²) in [6, 6.07) is 14.6. The molecule has 0 atom stereocenters. The zero-order valence-corrected chi connectivity index (χ0v) is 11.3. The maximum atomic E-state index is 11.8. The van der Waals surface area contributed by atoms with Crippen molar-refractivity contribution in [2.75, 3.05) is 6.54 Å². The molecule has 6 heteroatoms. The van der Waals surface area contributed by atoms with Gasteiger partial charge in [-0.05, 0) is 24.3 Å². The zero-order valence-electron chi connectivity index (χ0n) is 11.3. The Kier molecular flexibility index (Phi) is 3.61. The van der Waals surface area contributed by atoms with Crippen molar-refractivity contribution in [1.82, 2.24) is 15.0 Å². The van der Waals surface area contributed by atoms with Crippen LogP contribution < -0.4 is 10.5 Å². The number of carbonyl (C=O) groups excluding carboxylic acids is 1. The van der Waals surface area contributed by atoms with Crippen molar-refractivity contribution in [2.45, 2.75) is 6.73 Å². The summed E-state index contributed by atoms with van der Waals surface area (Å²) in [4.78, 5) is 11.8. The second-order valence-corrected chi connectivity index (χ2v) is 4.47. The molecular formula is C15H14N4O2. The van der Waals surface area contributed by atoms with Gasteiger partial charge in [-0.25, -0.2) is 4.68 Å². The summed E-state index contributed by atoms with van der Waals surface area (Å²) in [6.45, 7) is 0.127. The molecule has 3 aromatic rings. The molecule has 3 rings (SSSR count). The van der Waals surface area contributed by atoms with Gasteiger partial charge in [0.1, 0.15) is 11.3 Å². The van der Waals surface area contributed by atoms with Crippen molar-refractivity contribution < 1.29 is 9.53 Å². The van der Waals surface area contributed by atoms with Gasteiger partial charge in [0.2, 0.25) is 0 Å². The molecule has 0 bridgehead atoms. The Morgan fingerprint density at radius 2 is 1.90 bits per heavy atom. The number of aromatic nitrogens is 3. The SMILES string of the molecule is NCC(=O)c1ccccc1OCn1nnc2ccccc21. The smallest absolute Gasteiger partial charge is 0.183 e. The summed E-state index contributed by atoms with van der Waals surface area (Å²) < 4.78 is 7.33. The minimum Gasteiger partial charge on any atom is -0.470 e. The van der Waals surface area contributed by atoms with Gasteiger partial charge in [-0.1, -0.05) is 29.5 Å². The first-order valence-electron chi connectivity index (χ1n) is 6.53. The van der Waals surface area contributed by atoms with Crippen LogP contribution in [-0.4, -0.2) is 27.3 Å². The number of Topliss-reactive ketones (excluding diaryl/α,β-unsaturated/α-hetero) is 1. The van der Waals surface area contributed by atoms with E-state index < -0.39 is 0 Å². The van der Waals surface area contributed by atoms with E-state index in [1.807, 2.05) is 30.3 Å². The largest absolute Gasteiger partial charge is 0.470 e. The van der Waals surface area contributed by atoms with Crippen LogP contribution in [0.3, 0.4) is 0 Å². The molecule has 0 radical (unpaired) electrons. The molecule has 106 valence electrons.